The van der Waals surface area contributed by atoms with Crippen LogP contribution < -0.4 is 15.8 Å². The van der Waals surface area contributed by atoms with Gasteiger partial charge in [-0.15, -0.1) is 0 Å². The predicted molar refractivity (Wildman–Crippen MR) is 112 cm³/mol. The normalized spacial score (nSPS) is 11.0. The second-order valence-corrected chi connectivity index (χ2v) is 7.93. The fraction of sp³-hybridized carbons (Fsp3) is 0.429. The molecule has 2 rings (SSSR count). The minimum atomic E-state index is -0.242. The lowest BCUT2D eigenvalue weighted by Gasteiger charge is -2.25. The van der Waals surface area contributed by atoms with Crippen molar-refractivity contribution in [2.75, 3.05) is 18.5 Å². The highest BCUT2D eigenvalue weighted by atomic mass is 35.5. The van der Waals surface area contributed by atoms with Crippen LogP contribution in [0.3, 0.4) is 0 Å². The summed E-state index contributed by atoms with van der Waals surface area (Å²) in [5, 5.41) is 3.37. The van der Waals surface area contributed by atoms with E-state index in [0.29, 0.717) is 22.1 Å². The summed E-state index contributed by atoms with van der Waals surface area (Å²) in [5.41, 5.74) is 4.38. The van der Waals surface area contributed by atoms with Gasteiger partial charge in [-0.1, -0.05) is 25.4 Å². The minimum Gasteiger partial charge on any atom is -0.374 e. The Morgan fingerprint density at radius 1 is 1.22 bits per heavy atom. The van der Waals surface area contributed by atoms with Crippen molar-refractivity contribution >= 4 is 23.2 Å². The summed E-state index contributed by atoms with van der Waals surface area (Å²) in [5.74, 6) is 0.246. The van der Waals surface area contributed by atoms with E-state index in [1.54, 1.807) is 6.07 Å². The molecule has 0 radical (unpaired) electrons. The zero-order chi connectivity index (χ0) is 20.3. The molecule has 0 aliphatic rings. The van der Waals surface area contributed by atoms with Gasteiger partial charge in [0.2, 0.25) is 0 Å². The molecule has 6 heteroatoms. The Hall–Kier alpha value is -2.27. The predicted octanol–water partition coefficient (Wildman–Crippen LogP) is 3.98. The Morgan fingerprint density at radius 2 is 1.89 bits per heavy atom. The number of H-pyrrole nitrogens is 1. The van der Waals surface area contributed by atoms with Crippen molar-refractivity contribution in [2.24, 2.45) is 5.92 Å². The average Bonchev–Trinajstić information content (AvgIpc) is 2.54. The van der Waals surface area contributed by atoms with E-state index in [0.717, 1.165) is 29.1 Å². The van der Waals surface area contributed by atoms with Crippen molar-refractivity contribution in [3.05, 3.63) is 61.5 Å². The van der Waals surface area contributed by atoms with Gasteiger partial charge in [0, 0.05) is 47.7 Å². The molecule has 2 aromatic rings. The molecule has 0 saturated carbocycles. The third-order valence-corrected chi connectivity index (χ3v) is 4.78. The summed E-state index contributed by atoms with van der Waals surface area (Å²) in [6.07, 6.45) is 0. The van der Waals surface area contributed by atoms with Crippen molar-refractivity contribution in [3.8, 4) is 0 Å². The van der Waals surface area contributed by atoms with Crippen molar-refractivity contribution < 1.29 is 4.79 Å². The molecule has 0 aliphatic carbocycles. The SMILES string of the molecule is Cc1cc(C)c(CNC(=O)c2cc(Cl)cc(N(C)CC(C)C)c2C)c(=O)[nH]1. The zero-order valence-electron chi connectivity index (χ0n) is 16.9. The summed E-state index contributed by atoms with van der Waals surface area (Å²) in [6, 6.07) is 5.45. The van der Waals surface area contributed by atoms with E-state index in [-0.39, 0.29) is 18.0 Å². The van der Waals surface area contributed by atoms with Gasteiger partial charge in [-0.2, -0.15) is 0 Å². The second kappa shape index (κ2) is 8.61. The number of pyridine rings is 1. The van der Waals surface area contributed by atoms with Gasteiger partial charge < -0.3 is 15.2 Å². The van der Waals surface area contributed by atoms with E-state index < -0.39 is 0 Å². The number of nitrogens with one attached hydrogen (secondary N) is 2. The van der Waals surface area contributed by atoms with Gasteiger partial charge in [0.15, 0.2) is 0 Å². The van der Waals surface area contributed by atoms with Crippen molar-refractivity contribution in [1.29, 1.82) is 0 Å². The third kappa shape index (κ3) is 5.13. The molecule has 1 heterocycles. The lowest BCUT2D eigenvalue weighted by molar-refractivity contribution is 0.0950. The summed E-state index contributed by atoms with van der Waals surface area (Å²) in [4.78, 5) is 29.8. The monoisotopic (exact) mass is 389 g/mol. The van der Waals surface area contributed by atoms with Crippen LogP contribution in [0.25, 0.3) is 0 Å². The third-order valence-electron chi connectivity index (χ3n) is 4.56. The number of benzene rings is 1. The molecular formula is C21H28ClN3O2. The molecule has 0 bridgehead atoms. The molecule has 0 unspecified atom stereocenters. The van der Waals surface area contributed by atoms with Crippen molar-refractivity contribution in [1.82, 2.24) is 10.3 Å². The standard InChI is InChI=1S/C21H28ClN3O2/c1-12(2)11-25(6)19-9-16(22)8-17(15(19)5)20(26)23-10-18-13(3)7-14(4)24-21(18)27/h7-9,12H,10-11H2,1-6H3,(H,23,26)(H,24,27). The molecule has 1 aromatic heterocycles. The number of aromatic amines is 1. The Bertz CT molecular complexity index is 903. The second-order valence-electron chi connectivity index (χ2n) is 7.50. The molecule has 1 amide bonds. The van der Waals surface area contributed by atoms with Gasteiger partial charge in [0.1, 0.15) is 0 Å². The Morgan fingerprint density at radius 3 is 2.48 bits per heavy atom. The van der Waals surface area contributed by atoms with Crippen LogP contribution >= 0.6 is 11.6 Å². The van der Waals surface area contributed by atoms with Crippen molar-refractivity contribution in [3.63, 3.8) is 0 Å². The van der Waals surface area contributed by atoms with E-state index >= 15 is 0 Å². The van der Waals surface area contributed by atoms with Crippen LogP contribution in [-0.2, 0) is 6.54 Å². The number of aromatic nitrogens is 1. The summed E-state index contributed by atoms with van der Waals surface area (Å²) in [7, 11) is 2.00. The van der Waals surface area contributed by atoms with Crippen LogP contribution in [-0.4, -0.2) is 24.5 Å². The van der Waals surface area contributed by atoms with Gasteiger partial charge in [0.25, 0.3) is 11.5 Å². The first-order valence-corrected chi connectivity index (χ1v) is 9.46. The molecule has 146 valence electrons. The number of carbonyl (C=O) groups is 1. The van der Waals surface area contributed by atoms with Gasteiger partial charge in [0.05, 0.1) is 0 Å². The Labute approximate surface area is 165 Å². The number of hydrogen-bond acceptors (Lipinski definition) is 3. The quantitative estimate of drug-likeness (QED) is 0.785. The summed E-state index contributed by atoms with van der Waals surface area (Å²) in [6.45, 7) is 10.9. The highest BCUT2D eigenvalue weighted by Gasteiger charge is 2.17. The highest BCUT2D eigenvalue weighted by molar-refractivity contribution is 6.31. The molecule has 0 aliphatic heterocycles. The molecular weight excluding hydrogens is 362 g/mol. The van der Waals surface area contributed by atoms with Crippen LogP contribution in [0.5, 0.6) is 0 Å². The number of nitrogens with zero attached hydrogens (tertiary/aromatic N) is 1. The van der Waals surface area contributed by atoms with Gasteiger partial charge in [-0.05, 0) is 56.0 Å². The van der Waals surface area contributed by atoms with Crippen molar-refractivity contribution in [2.45, 2.75) is 41.2 Å². The fourth-order valence-electron chi connectivity index (χ4n) is 3.31. The van der Waals surface area contributed by atoms with E-state index in [4.69, 9.17) is 11.6 Å². The van der Waals surface area contributed by atoms with E-state index in [1.165, 1.54) is 0 Å². The average molecular weight is 390 g/mol. The topological polar surface area (TPSA) is 65.2 Å². The van der Waals surface area contributed by atoms with E-state index in [2.05, 4.69) is 29.0 Å². The molecule has 0 fully saturated rings. The highest BCUT2D eigenvalue weighted by Crippen LogP contribution is 2.28. The molecule has 1 aromatic carbocycles. The molecule has 27 heavy (non-hydrogen) atoms. The number of anilines is 1. The minimum absolute atomic E-state index is 0.170. The first-order chi connectivity index (χ1) is 12.6. The molecule has 5 nitrogen and oxygen atoms in total. The lowest BCUT2D eigenvalue weighted by Crippen LogP contribution is -2.29. The number of amides is 1. The largest absolute Gasteiger partial charge is 0.374 e. The number of rotatable bonds is 6. The number of halogens is 1. The van der Waals surface area contributed by atoms with Crippen LogP contribution in [0.1, 0.15) is 46.6 Å². The smallest absolute Gasteiger partial charge is 0.253 e. The number of hydrogen-bond donors (Lipinski definition) is 2. The van der Waals surface area contributed by atoms with Crippen LogP contribution in [0.4, 0.5) is 5.69 Å². The van der Waals surface area contributed by atoms with E-state index in [9.17, 15) is 9.59 Å². The van der Waals surface area contributed by atoms with Crippen LogP contribution in [0.15, 0.2) is 23.0 Å². The molecule has 0 spiro atoms. The van der Waals surface area contributed by atoms with Crippen LogP contribution in [0.2, 0.25) is 5.02 Å². The maximum atomic E-state index is 12.8. The van der Waals surface area contributed by atoms with Crippen LogP contribution in [0, 0.1) is 26.7 Å². The summed E-state index contributed by atoms with van der Waals surface area (Å²) < 4.78 is 0. The zero-order valence-corrected chi connectivity index (χ0v) is 17.6. The molecule has 0 atom stereocenters. The maximum absolute atomic E-state index is 12.8. The number of aryl methyl sites for hydroxylation is 2. The first-order valence-electron chi connectivity index (χ1n) is 9.09. The molecule has 2 N–H and O–H groups in total. The van der Waals surface area contributed by atoms with Gasteiger partial charge >= 0.3 is 0 Å². The first kappa shape index (κ1) is 21.0. The number of carbonyl (C=O) groups excluding carboxylic acids is 1. The van der Waals surface area contributed by atoms with Gasteiger partial charge in [-0.25, -0.2) is 0 Å². The maximum Gasteiger partial charge on any atom is 0.253 e. The van der Waals surface area contributed by atoms with E-state index in [1.807, 2.05) is 40.0 Å². The summed E-state index contributed by atoms with van der Waals surface area (Å²) >= 11 is 6.27. The lowest BCUT2D eigenvalue weighted by atomic mass is 10.0. The Kier molecular flexibility index (Phi) is 6.71. The molecule has 0 saturated heterocycles. The van der Waals surface area contributed by atoms with Gasteiger partial charge in [-0.3, -0.25) is 9.59 Å². The fourth-order valence-corrected chi connectivity index (χ4v) is 3.52. The Balaban J connectivity index is 2.27.